The summed E-state index contributed by atoms with van der Waals surface area (Å²) in [7, 11) is 1.58. The van der Waals surface area contributed by atoms with Gasteiger partial charge in [-0.1, -0.05) is 31.2 Å². The zero-order valence-electron chi connectivity index (χ0n) is 21.3. The molecular weight excluding hydrogens is 486 g/mol. The first kappa shape index (κ1) is 26.4. The van der Waals surface area contributed by atoms with E-state index in [-0.39, 0.29) is 50.7 Å². The maximum absolute atomic E-state index is 13.4. The highest BCUT2D eigenvalue weighted by atomic mass is 16.5. The van der Waals surface area contributed by atoms with E-state index in [1.807, 2.05) is 6.92 Å². The predicted molar refractivity (Wildman–Crippen MR) is 142 cm³/mol. The lowest BCUT2D eigenvalue weighted by atomic mass is 9.83. The Hall–Kier alpha value is -4.66. The van der Waals surface area contributed by atoms with Crippen LogP contribution in [0.5, 0.6) is 5.75 Å². The van der Waals surface area contributed by atoms with Crippen molar-refractivity contribution in [2.45, 2.75) is 20.3 Å². The molecule has 4 rings (SSSR count). The molecule has 0 spiro atoms. The summed E-state index contributed by atoms with van der Waals surface area (Å²) in [5.41, 5.74) is 7.64. The Labute approximate surface area is 219 Å². The number of phenolic OH excluding ortho intramolecular Hbond substituents is 1. The number of benzene rings is 2. The van der Waals surface area contributed by atoms with E-state index in [1.165, 1.54) is 18.2 Å². The van der Waals surface area contributed by atoms with Crippen molar-refractivity contribution in [1.29, 1.82) is 5.26 Å². The van der Waals surface area contributed by atoms with Crippen molar-refractivity contribution in [3.8, 4) is 11.8 Å². The number of nitriles is 1. The SMILES string of the molecule is CCCNNc1nc(NCCOC)c(C#N)c(C)c1/N=N/c1cccc2c1C(=O)c1c(O)cccc1C2=O. The first-order valence-corrected chi connectivity index (χ1v) is 12.0. The van der Waals surface area contributed by atoms with Gasteiger partial charge in [0.1, 0.15) is 23.3 Å². The van der Waals surface area contributed by atoms with E-state index in [4.69, 9.17) is 4.74 Å². The van der Waals surface area contributed by atoms with Gasteiger partial charge in [0.15, 0.2) is 17.4 Å². The molecule has 3 aromatic rings. The minimum absolute atomic E-state index is 0.0536. The number of fused-ring (bicyclic) bond motifs is 2. The molecule has 11 nitrogen and oxygen atoms in total. The largest absolute Gasteiger partial charge is 0.507 e. The van der Waals surface area contributed by atoms with Crippen LogP contribution < -0.4 is 16.2 Å². The Kier molecular flexibility index (Phi) is 8.06. The van der Waals surface area contributed by atoms with E-state index >= 15 is 0 Å². The van der Waals surface area contributed by atoms with E-state index in [1.54, 1.807) is 32.2 Å². The van der Waals surface area contributed by atoms with Gasteiger partial charge in [-0.25, -0.2) is 10.4 Å². The molecule has 194 valence electrons. The van der Waals surface area contributed by atoms with Gasteiger partial charge in [-0.2, -0.15) is 5.26 Å². The molecule has 0 fully saturated rings. The number of anilines is 2. The number of ether oxygens (including phenoxy) is 1. The Morgan fingerprint density at radius 3 is 2.47 bits per heavy atom. The third kappa shape index (κ3) is 4.95. The van der Waals surface area contributed by atoms with E-state index in [0.717, 1.165) is 6.42 Å². The molecule has 0 aliphatic heterocycles. The maximum atomic E-state index is 13.4. The molecule has 0 saturated heterocycles. The summed E-state index contributed by atoms with van der Waals surface area (Å²) in [6, 6.07) is 11.3. The van der Waals surface area contributed by atoms with E-state index < -0.39 is 5.78 Å². The van der Waals surface area contributed by atoms with Crippen molar-refractivity contribution in [2.75, 3.05) is 37.5 Å². The minimum atomic E-state index is -0.518. The number of carbonyl (C=O) groups excluding carboxylic acids is 2. The number of rotatable bonds is 10. The summed E-state index contributed by atoms with van der Waals surface area (Å²) >= 11 is 0. The fourth-order valence-corrected chi connectivity index (χ4v) is 4.10. The second kappa shape index (κ2) is 11.6. The molecule has 0 amide bonds. The van der Waals surface area contributed by atoms with Crippen molar-refractivity contribution in [2.24, 2.45) is 10.2 Å². The molecule has 0 atom stereocenters. The lowest BCUT2D eigenvalue weighted by molar-refractivity contribution is 0.0977. The molecule has 0 bridgehead atoms. The number of hydrogen-bond acceptors (Lipinski definition) is 11. The summed E-state index contributed by atoms with van der Waals surface area (Å²) < 4.78 is 5.08. The minimum Gasteiger partial charge on any atom is -0.507 e. The van der Waals surface area contributed by atoms with Gasteiger partial charge >= 0.3 is 0 Å². The molecule has 1 aromatic heterocycles. The fraction of sp³-hybridized carbons (Fsp3) is 0.259. The Morgan fingerprint density at radius 2 is 1.76 bits per heavy atom. The lowest BCUT2D eigenvalue weighted by Gasteiger charge is -2.19. The summed E-state index contributed by atoms with van der Waals surface area (Å²) in [6.07, 6.45) is 0.860. The second-order valence-electron chi connectivity index (χ2n) is 8.50. The third-order valence-corrected chi connectivity index (χ3v) is 5.99. The van der Waals surface area contributed by atoms with Crippen LogP contribution in [0.25, 0.3) is 0 Å². The van der Waals surface area contributed by atoms with Crippen LogP contribution in [-0.4, -0.2) is 48.5 Å². The van der Waals surface area contributed by atoms with Gasteiger partial charge in [0, 0.05) is 36.9 Å². The van der Waals surface area contributed by atoms with Gasteiger partial charge in [-0.3, -0.25) is 9.59 Å². The molecule has 1 heterocycles. The fourth-order valence-electron chi connectivity index (χ4n) is 4.10. The average Bonchev–Trinajstić information content (AvgIpc) is 2.91. The van der Waals surface area contributed by atoms with Crippen LogP contribution in [0.1, 0.15) is 56.3 Å². The number of methoxy groups -OCH3 is 1. The Morgan fingerprint density at radius 1 is 1.03 bits per heavy atom. The van der Waals surface area contributed by atoms with Gasteiger partial charge in [0.2, 0.25) is 0 Å². The molecule has 11 heteroatoms. The molecule has 0 radical (unpaired) electrons. The van der Waals surface area contributed by atoms with E-state index in [2.05, 4.69) is 37.5 Å². The summed E-state index contributed by atoms with van der Waals surface area (Å²) in [6.45, 7) is 5.26. The second-order valence-corrected chi connectivity index (χ2v) is 8.50. The summed E-state index contributed by atoms with van der Waals surface area (Å²) in [5, 5.41) is 31.9. The third-order valence-electron chi connectivity index (χ3n) is 5.99. The lowest BCUT2D eigenvalue weighted by Crippen LogP contribution is -2.23. The number of nitrogens with zero attached hydrogens (tertiary/aromatic N) is 4. The monoisotopic (exact) mass is 513 g/mol. The van der Waals surface area contributed by atoms with Crippen LogP contribution in [0.4, 0.5) is 23.0 Å². The number of hydrogen-bond donors (Lipinski definition) is 4. The highest BCUT2D eigenvalue weighted by Gasteiger charge is 2.33. The number of ketones is 2. The number of phenols is 1. The van der Waals surface area contributed by atoms with Crippen LogP contribution >= 0.6 is 0 Å². The predicted octanol–water partition coefficient (Wildman–Crippen LogP) is 4.54. The normalized spacial score (nSPS) is 12.3. The van der Waals surface area contributed by atoms with Gasteiger partial charge in [0.25, 0.3) is 0 Å². The number of carbonyl (C=O) groups is 2. The molecule has 0 saturated carbocycles. The average molecular weight is 514 g/mol. The van der Waals surface area contributed by atoms with Crippen LogP contribution in [0.3, 0.4) is 0 Å². The van der Waals surface area contributed by atoms with Crippen molar-refractivity contribution >= 4 is 34.6 Å². The number of hydrazine groups is 1. The molecule has 2 aromatic carbocycles. The Balaban J connectivity index is 1.80. The molecule has 1 aliphatic carbocycles. The van der Waals surface area contributed by atoms with Crippen molar-refractivity contribution in [3.63, 3.8) is 0 Å². The Bertz CT molecular complexity index is 1480. The standard InChI is InChI=1S/C27H27N7O4/c1-4-11-30-34-27-23(15(2)18(14-28)26(31-27)29-12-13-38-3)33-32-19-9-5-7-16-21(19)25(37)22-17(24(16)36)8-6-10-20(22)35/h5-10,30,35H,4,11-13H2,1-3H3,(H2,29,31,34)/b33-32+. The molecule has 38 heavy (non-hydrogen) atoms. The van der Waals surface area contributed by atoms with Gasteiger partial charge < -0.3 is 20.6 Å². The van der Waals surface area contributed by atoms with E-state index in [9.17, 15) is 20.0 Å². The first-order valence-electron chi connectivity index (χ1n) is 12.0. The van der Waals surface area contributed by atoms with Gasteiger partial charge in [-0.05, 0) is 25.5 Å². The number of aromatic nitrogens is 1. The maximum Gasteiger partial charge on any atom is 0.200 e. The van der Waals surface area contributed by atoms with Crippen molar-refractivity contribution in [1.82, 2.24) is 10.4 Å². The smallest absolute Gasteiger partial charge is 0.200 e. The molecule has 1 aliphatic rings. The first-order chi connectivity index (χ1) is 18.4. The van der Waals surface area contributed by atoms with E-state index in [0.29, 0.717) is 36.9 Å². The number of azo groups is 1. The summed E-state index contributed by atoms with van der Waals surface area (Å²) in [5.74, 6) is -0.484. The van der Waals surface area contributed by atoms with Crippen molar-refractivity contribution in [3.05, 3.63) is 69.8 Å². The highest BCUT2D eigenvalue weighted by molar-refractivity contribution is 6.30. The highest BCUT2D eigenvalue weighted by Crippen LogP contribution is 2.39. The van der Waals surface area contributed by atoms with Crippen LogP contribution in [0, 0.1) is 18.3 Å². The van der Waals surface area contributed by atoms with Crippen LogP contribution in [0.2, 0.25) is 0 Å². The van der Waals surface area contributed by atoms with Gasteiger partial charge in [-0.15, -0.1) is 10.2 Å². The molecule has 4 N–H and O–H groups in total. The number of pyridine rings is 1. The topological polar surface area (TPSA) is 161 Å². The molecular formula is C27H27N7O4. The van der Waals surface area contributed by atoms with Crippen LogP contribution in [0.15, 0.2) is 46.6 Å². The van der Waals surface area contributed by atoms with Crippen molar-refractivity contribution < 1.29 is 19.4 Å². The molecule has 0 unspecified atom stereocenters. The summed E-state index contributed by atoms with van der Waals surface area (Å²) in [4.78, 5) is 31.0. The van der Waals surface area contributed by atoms with Gasteiger partial charge in [0.05, 0.1) is 29.0 Å². The van der Waals surface area contributed by atoms with Crippen LogP contribution in [-0.2, 0) is 4.74 Å². The number of aromatic hydroxyl groups is 1. The number of nitrogens with one attached hydrogen (secondary N) is 3. The zero-order chi connectivity index (χ0) is 27.2. The zero-order valence-corrected chi connectivity index (χ0v) is 21.3. The quantitative estimate of drug-likeness (QED) is 0.135.